The van der Waals surface area contributed by atoms with Gasteiger partial charge in [0.1, 0.15) is 4.90 Å². The summed E-state index contributed by atoms with van der Waals surface area (Å²) in [5.74, 6) is 0.310. The fourth-order valence-electron chi connectivity index (χ4n) is 2.58. The lowest BCUT2D eigenvalue weighted by molar-refractivity contribution is 0.0979. The van der Waals surface area contributed by atoms with Crippen LogP contribution in [0.5, 0.6) is 0 Å². The van der Waals surface area contributed by atoms with Gasteiger partial charge in [0.2, 0.25) is 10.0 Å². The number of rotatable bonds is 7. The summed E-state index contributed by atoms with van der Waals surface area (Å²) in [5.41, 5.74) is 0.836. The Labute approximate surface area is 131 Å². The first-order valence-corrected chi connectivity index (χ1v) is 9.29. The largest absolute Gasteiger partial charge is 0.377 e. The number of aromatic nitrogens is 1. The van der Waals surface area contributed by atoms with E-state index in [9.17, 15) is 8.42 Å². The van der Waals surface area contributed by atoms with Gasteiger partial charge in [-0.1, -0.05) is 6.92 Å². The molecule has 1 unspecified atom stereocenters. The molecule has 21 heavy (non-hydrogen) atoms. The molecule has 0 saturated carbocycles. The van der Waals surface area contributed by atoms with Crippen molar-refractivity contribution in [3.8, 4) is 0 Å². The van der Waals surface area contributed by atoms with E-state index >= 15 is 0 Å². The zero-order valence-electron chi connectivity index (χ0n) is 12.6. The molecule has 0 N–H and O–H groups in total. The van der Waals surface area contributed by atoms with Crippen LogP contribution >= 0.6 is 11.6 Å². The number of nitrogens with zero attached hydrogens (tertiary/aromatic N) is 2. The van der Waals surface area contributed by atoms with Crippen molar-refractivity contribution in [2.24, 2.45) is 0 Å². The van der Waals surface area contributed by atoms with Gasteiger partial charge in [-0.15, -0.1) is 11.6 Å². The molecule has 1 atom stereocenters. The smallest absolute Gasteiger partial charge is 0.244 e. The Morgan fingerprint density at radius 2 is 2.29 bits per heavy atom. The maximum Gasteiger partial charge on any atom is 0.244 e. The van der Waals surface area contributed by atoms with E-state index in [1.54, 1.807) is 19.3 Å². The maximum absolute atomic E-state index is 12.6. The first kappa shape index (κ1) is 16.8. The van der Waals surface area contributed by atoms with Gasteiger partial charge in [0.15, 0.2) is 0 Å². The average Bonchev–Trinajstić information content (AvgIpc) is 3.08. The summed E-state index contributed by atoms with van der Waals surface area (Å²) in [6.45, 7) is 3.95. The van der Waals surface area contributed by atoms with E-state index in [0.717, 1.165) is 38.1 Å². The fraction of sp³-hybridized carbons (Fsp3) is 0.714. The highest BCUT2D eigenvalue weighted by Gasteiger charge is 2.27. The molecule has 120 valence electrons. The fourth-order valence-corrected chi connectivity index (χ4v) is 4.08. The molecule has 0 aromatic carbocycles. The van der Waals surface area contributed by atoms with Crippen LogP contribution in [0.3, 0.4) is 0 Å². The number of aryl methyl sites for hydroxylation is 1. The standard InChI is InChI=1S/C14H23ClN2O3S/c1-3-6-17-11-14(8-12(17)9-15)21(18,19)16(2)10-13-5-4-7-20-13/h8,11,13H,3-7,9-10H2,1-2H3. The van der Waals surface area contributed by atoms with Gasteiger partial charge in [-0.25, -0.2) is 8.42 Å². The van der Waals surface area contributed by atoms with Crippen molar-refractivity contribution in [2.45, 2.75) is 49.6 Å². The maximum atomic E-state index is 12.6. The third-order valence-electron chi connectivity index (χ3n) is 3.76. The summed E-state index contributed by atoms with van der Waals surface area (Å²) in [7, 11) is -1.88. The summed E-state index contributed by atoms with van der Waals surface area (Å²) < 4.78 is 34.0. The minimum Gasteiger partial charge on any atom is -0.377 e. The van der Waals surface area contributed by atoms with E-state index in [-0.39, 0.29) is 6.10 Å². The minimum atomic E-state index is -3.48. The highest BCUT2D eigenvalue weighted by atomic mass is 35.5. The molecule has 0 bridgehead atoms. The van der Waals surface area contributed by atoms with Gasteiger partial charge >= 0.3 is 0 Å². The Morgan fingerprint density at radius 1 is 1.52 bits per heavy atom. The van der Waals surface area contributed by atoms with Crippen molar-refractivity contribution in [3.63, 3.8) is 0 Å². The quantitative estimate of drug-likeness (QED) is 0.720. The predicted molar refractivity (Wildman–Crippen MR) is 83.1 cm³/mol. The van der Waals surface area contributed by atoms with Gasteiger partial charge in [0.05, 0.1) is 12.0 Å². The summed E-state index contributed by atoms with van der Waals surface area (Å²) in [5, 5.41) is 0. The lowest BCUT2D eigenvalue weighted by Gasteiger charge is -2.19. The van der Waals surface area contributed by atoms with Gasteiger partial charge in [-0.2, -0.15) is 4.31 Å². The van der Waals surface area contributed by atoms with Crippen LogP contribution in [0.15, 0.2) is 17.2 Å². The first-order chi connectivity index (χ1) is 9.98. The van der Waals surface area contributed by atoms with Gasteiger partial charge in [0, 0.05) is 38.6 Å². The number of ether oxygens (including phenoxy) is 1. The van der Waals surface area contributed by atoms with Crippen LogP contribution in [0.25, 0.3) is 0 Å². The molecule has 1 aliphatic heterocycles. The van der Waals surface area contributed by atoms with Gasteiger partial charge < -0.3 is 9.30 Å². The number of alkyl halides is 1. The van der Waals surface area contributed by atoms with Gasteiger partial charge in [-0.05, 0) is 25.3 Å². The zero-order valence-corrected chi connectivity index (χ0v) is 14.2. The minimum absolute atomic E-state index is 0.00926. The Balaban J connectivity index is 2.17. The van der Waals surface area contributed by atoms with Crippen molar-refractivity contribution in [1.29, 1.82) is 0 Å². The van der Waals surface area contributed by atoms with Gasteiger partial charge in [-0.3, -0.25) is 0 Å². The summed E-state index contributed by atoms with van der Waals surface area (Å²) >= 11 is 5.90. The molecule has 0 amide bonds. The molecule has 1 aromatic heterocycles. The first-order valence-electron chi connectivity index (χ1n) is 7.32. The number of likely N-dealkylation sites (N-methyl/N-ethyl adjacent to an activating group) is 1. The highest BCUT2D eigenvalue weighted by molar-refractivity contribution is 7.89. The van der Waals surface area contributed by atoms with Crippen LogP contribution in [-0.4, -0.2) is 43.6 Å². The molecule has 7 heteroatoms. The zero-order chi connectivity index (χ0) is 15.5. The third kappa shape index (κ3) is 3.80. The van der Waals surface area contributed by atoms with Crippen LogP contribution < -0.4 is 0 Å². The monoisotopic (exact) mass is 334 g/mol. The van der Waals surface area contributed by atoms with E-state index < -0.39 is 10.0 Å². The van der Waals surface area contributed by atoms with Gasteiger partial charge in [0.25, 0.3) is 0 Å². The number of halogens is 1. The Hall–Kier alpha value is -0.560. The van der Waals surface area contributed by atoms with E-state index in [1.807, 2.05) is 4.57 Å². The lowest BCUT2D eigenvalue weighted by Crippen LogP contribution is -2.33. The number of hydrogen-bond acceptors (Lipinski definition) is 3. The molecule has 2 rings (SSSR count). The summed E-state index contributed by atoms with van der Waals surface area (Å²) in [4.78, 5) is 0.312. The van der Waals surface area contributed by atoms with Crippen molar-refractivity contribution in [2.75, 3.05) is 20.2 Å². The molecule has 1 fully saturated rings. The van der Waals surface area contributed by atoms with Crippen molar-refractivity contribution in [1.82, 2.24) is 8.87 Å². The number of hydrogen-bond donors (Lipinski definition) is 0. The second kappa shape index (κ2) is 7.13. The second-order valence-electron chi connectivity index (χ2n) is 5.41. The molecular weight excluding hydrogens is 312 g/mol. The van der Waals surface area contributed by atoms with Crippen LogP contribution in [0.4, 0.5) is 0 Å². The Bertz CT molecular complexity index is 565. The molecule has 1 saturated heterocycles. The third-order valence-corrected chi connectivity index (χ3v) is 5.82. The van der Waals surface area contributed by atoms with E-state index in [0.29, 0.717) is 17.3 Å². The molecule has 1 aromatic rings. The molecule has 0 aliphatic carbocycles. The van der Waals surface area contributed by atoms with E-state index in [4.69, 9.17) is 16.3 Å². The molecular formula is C14H23ClN2O3S. The second-order valence-corrected chi connectivity index (χ2v) is 7.73. The summed E-state index contributed by atoms with van der Waals surface area (Å²) in [6, 6.07) is 1.67. The predicted octanol–water partition coefficient (Wildman–Crippen LogP) is 2.44. The van der Waals surface area contributed by atoms with Crippen molar-refractivity contribution in [3.05, 3.63) is 18.0 Å². The van der Waals surface area contributed by atoms with E-state index in [1.165, 1.54) is 4.31 Å². The topological polar surface area (TPSA) is 51.5 Å². The van der Waals surface area contributed by atoms with E-state index in [2.05, 4.69) is 6.92 Å². The SMILES string of the molecule is CCCn1cc(S(=O)(=O)N(C)CC2CCCO2)cc1CCl. The molecule has 5 nitrogen and oxygen atoms in total. The van der Waals surface area contributed by atoms with Crippen molar-refractivity contribution < 1.29 is 13.2 Å². The molecule has 0 radical (unpaired) electrons. The molecule has 1 aliphatic rings. The van der Waals surface area contributed by atoms with Crippen LogP contribution in [0, 0.1) is 0 Å². The molecule has 2 heterocycles. The highest BCUT2D eigenvalue weighted by Crippen LogP contribution is 2.22. The number of sulfonamides is 1. The summed E-state index contributed by atoms with van der Waals surface area (Å²) in [6.07, 6.45) is 4.55. The van der Waals surface area contributed by atoms with Crippen LogP contribution in [-0.2, 0) is 27.2 Å². The lowest BCUT2D eigenvalue weighted by atomic mass is 10.2. The average molecular weight is 335 g/mol. The molecule has 0 spiro atoms. The normalized spacial score (nSPS) is 19.5. The Kier molecular flexibility index (Phi) is 5.71. The van der Waals surface area contributed by atoms with Crippen LogP contribution in [0.2, 0.25) is 0 Å². The Morgan fingerprint density at radius 3 is 2.86 bits per heavy atom. The van der Waals surface area contributed by atoms with Crippen molar-refractivity contribution >= 4 is 21.6 Å². The van der Waals surface area contributed by atoms with Crippen LogP contribution in [0.1, 0.15) is 31.9 Å².